The smallest absolute Gasteiger partial charge is 0.324 e. The number of benzene rings is 1. The summed E-state index contributed by atoms with van der Waals surface area (Å²) in [6.07, 6.45) is 0.329. The van der Waals surface area contributed by atoms with Gasteiger partial charge in [-0.2, -0.15) is 0 Å². The Labute approximate surface area is 194 Å². The van der Waals surface area contributed by atoms with E-state index >= 15 is 0 Å². The number of aliphatic carboxylic acids is 1. The summed E-state index contributed by atoms with van der Waals surface area (Å²) in [6, 6.07) is 4.40. The Balaban J connectivity index is 3.07. The van der Waals surface area contributed by atoms with Crippen molar-refractivity contribution >= 4 is 23.9 Å². The van der Waals surface area contributed by atoms with Gasteiger partial charge in [-0.05, 0) is 30.5 Å². The van der Waals surface area contributed by atoms with Crippen LogP contribution in [0.5, 0.6) is 11.5 Å². The molecule has 0 fully saturated rings. The Kier molecular flexibility index (Phi) is 11.0. The molecule has 3 atom stereocenters. The van der Waals surface area contributed by atoms with Gasteiger partial charge in [-0.15, -0.1) is 0 Å². The molecule has 0 aromatic heterocycles. The van der Waals surface area contributed by atoms with Gasteiger partial charge in [0, 0.05) is 32.1 Å². The van der Waals surface area contributed by atoms with Crippen LogP contribution in [0.1, 0.15) is 72.3 Å². The first-order valence-electron chi connectivity index (χ1n) is 11.2. The van der Waals surface area contributed by atoms with Crippen molar-refractivity contribution in [3.05, 3.63) is 23.8 Å². The number of hydrogen-bond acceptors (Lipinski definition) is 8. The van der Waals surface area contributed by atoms with E-state index in [1.807, 2.05) is 13.8 Å². The summed E-state index contributed by atoms with van der Waals surface area (Å²) in [7, 11) is 0. The van der Waals surface area contributed by atoms with E-state index in [-0.39, 0.29) is 49.5 Å². The summed E-state index contributed by atoms with van der Waals surface area (Å²) in [5.41, 5.74) is 4.92. The van der Waals surface area contributed by atoms with Gasteiger partial charge in [0.05, 0.1) is 0 Å². The maximum absolute atomic E-state index is 12.1. The predicted octanol–water partition coefficient (Wildman–Crippen LogP) is 3.40. The average molecular weight is 466 g/mol. The monoisotopic (exact) mass is 465 g/mol. The minimum atomic E-state index is -1.75. The zero-order chi connectivity index (χ0) is 25.2. The molecule has 1 aromatic carbocycles. The zero-order valence-corrected chi connectivity index (χ0v) is 20.0. The summed E-state index contributed by atoms with van der Waals surface area (Å²) in [6.45, 7) is 8.74. The molecule has 0 amide bonds. The van der Waals surface area contributed by atoms with Gasteiger partial charge >= 0.3 is 23.9 Å². The van der Waals surface area contributed by atoms with Gasteiger partial charge in [0.2, 0.25) is 0 Å². The van der Waals surface area contributed by atoms with E-state index in [1.165, 1.54) is 12.1 Å². The molecule has 0 radical (unpaired) electrons. The van der Waals surface area contributed by atoms with E-state index in [9.17, 15) is 24.3 Å². The normalized spacial score (nSPS) is 14.5. The van der Waals surface area contributed by atoms with Crippen LogP contribution in [0.4, 0.5) is 0 Å². The summed E-state index contributed by atoms with van der Waals surface area (Å²) in [4.78, 5) is 47.6. The van der Waals surface area contributed by atoms with Crippen LogP contribution in [0.3, 0.4) is 0 Å². The van der Waals surface area contributed by atoms with E-state index < -0.39 is 35.5 Å². The van der Waals surface area contributed by atoms with Gasteiger partial charge in [0.1, 0.15) is 11.6 Å². The van der Waals surface area contributed by atoms with Gasteiger partial charge in [-0.25, -0.2) is 0 Å². The van der Waals surface area contributed by atoms with Gasteiger partial charge in [-0.3, -0.25) is 19.2 Å². The van der Waals surface area contributed by atoms with Crippen molar-refractivity contribution in [2.45, 2.75) is 84.8 Å². The second-order valence-corrected chi connectivity index (χ2v) is 8.30. The maximum Gasteiger partial charge on any atom is 0.324 e. The molecule has 0 aliphatic rings. The Morgan fingerprint density at radius 3 is 2.06 bits per heavy atom. The van der Waals surface area contributed by atoms with E-state index in [0.29, 0.717) is 5.56 Å². The van der Waals surface area contributed by atoms with E-state index in [2.05, 4.69) is 0 Å². The SMILES string of the molecule is CCC(=O)Oc1ccc(CC(N)(C[C@H](C)OC(=O)CC(C)CC)C(=O)O)cc1OC(=O)CC. The van der Waals surface area contributed by atoms with Crippen LogP contribution in [0, 0.1) is 5.92 Å². The molecule has 1 aromatic rings. The van der Waals surface area contributed by atoms with Crippen LogP contribution < -0.4 is 15.2 Å². The molecule has 0 saturated heterocycles. The molecule has 0 spiro atoms. The zero-order valence-electron chi connectivity index (χ0n) is 20.0. The van der Waals surface area contributed by atoms with E-state index in [1.54, 1.807) is 26.8 Å². The molecule has 9 heteroatoms. The molecule has 33 heavy (non-hydrogen) atoms. The fraction of sp³-hybridized carbons (Fsp3) is 0.583. The summed E-state index contributed by atoms with van der Waals surface area (Å²) in [5, 5.41) is 9.80. The first-order valence-corrected chi connectivity index (χ1v) is 11.2. The number of carbonyl (C=O) groups excluding carboxylic acids is 3. The lowest BCUT2D eigenvalue weighted by Crippen LogP contribution is -2.52. The van der Waals surface area contributed by atoms with Crippen LogP contribution in [-0.2, 0) is 30.3 Å². The fourth-order valence-electron chi connectivity index (χ4n) is 3.07. The van der Waals surface area contributed by atoms with Gasteiger partial charge in [0.15, 0.2) is 11.5 Å². The maximum atomic E-state index is 12.1. The highest BCUT2D eigenvalue weighted by atomic mass is 16.6. The largest absolute Gasteiger partial charge is 0.480 e. The Hall–Kier alpha value is -2.94. The van der Waals surface area contributed by atoms with Crippen molar-refractivity contribution in [1.29, 1.82) is 0 Å². The third kappa shape index (κ3) is 9.21. The number of carboxylic acid groups (broad SMARTS) is 1. The van der Waals surface area contributed by atoms with Gasteiger partial charge < -0.3 is 25.1 Å². The van der Waals surface area contributed by atoms with Crippen LogP contribution in [-0.4, -0.2) is 40.6 Å². The van der Waals surface area contributed by atoms with Crippen molar-refractivity contribution in [3.8, 4) is 11.5 Å². The molecule has 1 rings (SSSR count). The molecule has 3 N–H and O–H groups in total. The summed E-state index contributed by atoms with van der Waals surface area (Å²) >= 11 is 0. The van der Waals surface area contributed by atoms with Crippen LogP contribution in [0.25, 0.3) is 0 Å². The van der Waals surface area contributed by atoms with Crippen molar-refractivity contribution in [2.75, 3.05) is 0 Å². The molecule has 0 heterocycles. The van der Waals surface area contributed by atoms with Crippen LogP contribution in [0.15, 0.2) is 18.2 Å². The van der Waals surface area contributed by atoms with Crippen molar-refractivity contribution in [2.24, 2.45) is 11.7 Å². The molecule has 2 unspecified atom stereocenters. The number of ether oxygens (including phenoxy) is 3. The number of esters is 3. The first-order chi connectivity index (χ1) is 15.4. The summed E-state index contributed by atoms with van der Waals surface area (Å²) in [5.74, 6) is -2.50. The molecule has 184 valence electrons. The number of nitrogens with two attached hydrogens (primary N) is 1. The lowest BCUT2D eigenvalue weighted by Gasteiger charge is -2.28. The molecule has 0 aliphatic carbocycles. The molecule has 0 saturated carbocycles. The lowest BCUT2D eigenvalue weighted by atomic mass is 9.86. The Morgan fingerprint density at radius 2 is 1.55 bits per heavy atom. The quantitative estimate of drug-likeness (QED) is 0.331. The number of hydrogen-bond donors (Lipinski definition) is 2. The van der Waals surface area contributed by atoms with Crippen LogP contribution in [0.2, 0.25) is 0 Å². The highest BCUT2D eigenvalue weighted by Gasteiger charge is 2.37. The molecule has 0 aliphatic heterocycles. The minimum absolute atomic E-state index is 0.00178. The average Bonchev–Trinajstić information content (AvgIpc) is 2.74. The van der Waals surface area contributed by atoms with Crippen molar-refractivity contribution in [1.82, 2.24) is 0 Å². The predicted molar refractivity (Wildman–Crippen MR) is 121 cm³/mol. The topological polar surface area (TPSA) is 142 Å². The van der Waals surface area contributed by atoms with Gasteiger partial charge in [0.25, 0.3) is 0 Å². The van der Waals surface area contributed by atoms with Crippen molar-refractivity contribution in [3.63, 3.8) is 0 Å². The number of carbonyl (C=O) groups is 4. The molecular formula is C24H35NO8. The highest BCUT2D eigenvalue weighted by Crippen LogP contribution is 2.31. The minimum Gasteiger partial charge on any atom is -0.480 e. The van der Waals surface area contributed by atoms with E-state index in [0.717, 1.165) is 6.42 Å². The van der Waals surface area contributed by atoms with Crippen molar-refractivity contribution < 1.29 is 38.5 Å². The highest BCUT2D eigenvalue weighted by molar-refractivity contribution is 5.79. The summed E-state index contributed by atoms with van der Waals surface area (Å²) < 4.78 is 15.8. The molecule has 9 nitrogen and oxygen atoms in total. The molecular weight excluding hydrogens is 430 g/mol. The second-order valence-electron chi connectivity index (χ2n) is 8.30. The standard InChI is InChI=1S/C24H35NO8/c1-6-15(4)11-22(28)31-16(5)13-24(25,23(29)30)14-17-9-10-18(32-20(26)7-2)19(12-17)33-21(27)8-3/h9-10,12,15-16H,6-8,11,13-14,25H2,1-5H3,(H,29,30)/t15?,16-,24?/m0/s1. The third-order valence-corrected chi connectivity index (χ3v) is 5.17. The third-order valence-electron chi connectivity index (χ3n) is 5.17. The first kappa shape index (κ1) is 28.1. The van der Waals surface area contributed by atoms with E-state index in [4.69, 9.17) is 19.9 Å². The lowest BCUT2D eigenvalue weighted by molar-refractivity contribution is -0.154. The van der Waals surface area contributed by atoms with Gasteiger partial charge in [-0.1, -0.05) is 40.2 Å². The number of carboxylic acids is 1. The second kappa shape index (κ2) is 12.9. The fourth-order valence-corrected chi connectivity index (χ4v) is 3.07. The van der Waals surface area contributed by atoms with Crippen LogP contribution >= 0.6 is 0 Å². The Bertz CT molecular complexity index is 853. The molecule has 0 bridgehead atoms. The Morgan fingerprint density at radius 1 is 0.970 bits per heavy atom. The number of rotatable bonds is 13.